The smallest absolute Gasteiger partial charge is 0.192 e. The molecule has 0 aromatic rings. The van der Waals surface area contributed by atoms with Crippen LogP contribution in [0.4, 0.5) is 0 Å². The van der Waals surface area contributed by atoms with Gasteiger partial charge in [0.05, 0.1) is 6.10 Å². The van der Waals surface area contributed by atoms with Crippen LogP contribution in [0.15, 0.2) is 0 Å². The fraction of sp³-hybridized carbons (Fsp3) is 0.941. The number of rotatable bonds is 5. The summed E-state index contributed by atoms with van der Waals surface area (Å²) < 4.78 is 6.55. The normalized spacial score (nSPS) is 28.8. The van der Waals surface area contributed by atoms with Crippen LogP contribution < -0.4 is 0 Å². The fourth-order valence-electron chi connectivity index (χ4n) is 2.71. The monoisotopic (exact) mass is 298 g/mol. The maximum Gasteiger partial charge on any atom is 0.192 e. The highest BCUT2D eigenvalue weighted by molar-refractivity contribution is 6.74. The Kier molecular flexibility index (Phi) is 6.03. The third kappa shape index (κ3) is 4.42. The first-order valence-corrected chi connectivity index (χ1v) is 11.2. The Morgan fingerprint density at radius 1 is 1.30 bits per heavy atom. The van der Waals surface area contributed by atoms with Gasteiger partial charge in [-0.2, -0.15) is 0 Å². The van der Waals surface area contributed by atoms with Gasteiger partial charge in [-0.15, -0.1) is 0 Å². The zero-order chi connectivity index (χ0) is 15.6. The second-order valence-corrected chi connectivity index (χ2v) is 12.9. The van der Waals surface area contributed by atoms with Crippen molar-refractivity contribution in [1.82, 2.24) is 0 Å². The van der Waals surface area contributed by atoms with E-state index in [4.69, 9.17) is 4.43 Å². The van der Waals surface area contributed by atoms with Crippen molar-refractivity contribution in [3.05, 3.63) is 0 Å². The molecule has 118 valence electrons. The summed E-state index contributed by atoms with van der Waals surface area (Å²) in [4.78, 5) is 12.2. The lowest BCUT2D eigenvalue weighted by molar-refractivity contribution is -0.130. The number of carbonyl (C=O) groups excluding carboxylic acids is 1. The zero-order valence-corrected chi connectivity index (χ0v) is 15.6. The highest BCUT2D eigenvalue weighted by atomic mass is 28.4. The summed E-state index contributed by atoms with van der Waals surface area (Å²) in [6.45, 7) is 15.7. The minimum absolute atomic E-state index is 0.0852. The first-order chi connectivity index (χ1) is 9.08. The molecule has 0 bridgehead atoms. The summed E-state index contributed by atoms with van der Waals surface area (Å²) in [6, 6.07) is 0. The SMILES string of the molecule is CCCCC1CC(=O)[C@@H](C)[C@@H](O[Si](C)(C)C(C)(C)C)C1. The maximum atomic E-state index is 12.2. The van der Waals surface area contributed by atoms with Gasteiger partial charge in [-0.25, -0.2) is 0 Å². The number of ketones is 1. The van der Waals surface area contributed by atoms with Crippen molar-refractivity contribution in [2.75, 3.05) is 0 Å². The van der Waals surface area contributed by atoms with Crippen molar-refractivity contribution in [3.63, 3.8) is 0 Å². The Hall–Kier alpha value is -0.153. The molecule has 1 fully saturated rings. The summed E-state index contributed by atoms with van der Waals surface area (Å²) >= 11 is 0. The number of hydrogen-bond acceptors (Lipinski definition) is 2. The lowest BCUT2D eigenvalue weighted by Crippen LogP contribution is -2.48. The summed E-state index contributed by atoms with van der Waals surface area (Å²) in [5.74, 6) is 1.05. The summed E-state index contributed by atoms with van der Waals surface area (Å²) in [6.07, 6.45) is 5.65. The predicted molar refractivity (Wildman–Crippen MR) is 88.5 cm³/mol. The van der Waals surface area contributed by atoms with Gasteiger partial charge in [0.25, 0.3) is 0 Å². The lowest BCUT2D eigenvalue weighted by Gasteiger charge is -2.43. The molecule has 3 atom stereocenters. The van der Waals surface area contributed by atoms with Crippen LogP contribution in [0, 0.1) is 11.8 Å². The Morgan fingerprint density at radius 2 is 1.90 bits per heavy atom. The van der Waals surface area contributed by atoms with Gasteiger partial charge < -0.3 is 4.43 Å². The highest BCUT2D eigenvalue weighted by Crippen LogP contribution is 2.41. The molecule has 1 rings (SSSR count). The quantitative estimate of drug-likeness (QED) is 0.653. The largest absolute Gasteiger partial charge is 0.413 e. The molecule has 1 aliphatic rings. The number of hydrogen-bond donors (Lipinski definition) is 0. The Labute approximate surface area is 126 Å². The molecule has 0 aliphatic heterocycles. The minimum atomic E-state index is -1.78. The van der Waals surface area contributed by atoms with Crippen LogP contribution in [0.25, 0.3) is 0 Å². The third-order valence-electron chi connectivity index (χ3n) is 5.34. The van der Waals surface area contributed by atoms with Crippen LogP contribution in [0.1, 0.15) is 66.7 Å². The topological polar surface area (TPSA) is 26.3 Å². The summed E-state index contributed by atoms with van der Waals surface area (Å²) in [7, 11) is -1.78. The summed E-state index contributed by atoms with van der Waals surface area (Å²) in [5.41, 5.74) is 0. The molecule has 0 spiro atoms. The summed E-state index contributed by atoms with van der Waals surface area (Å²) in [5, 5.41) is 0.214. The molecular formula is C17H34O2Si. The van der Waals surface area contributed by atoms with E-state index in [0.717, 1.165) is 12.8 Å². The van der Waals surface area contributed by atoms with Gasteiger partial charge in [0.2, 0.25) is 0 Å². The van der Waals surface area contributed by atoms with E-state index in [2.05, 4.69) is 47.7 Å². The average molecular weight is 299 g/mol. The Bertz CT molecular complexity index is 330. The molecule has 0 heterocycles. The molecule has 1 saturated carbocycles. The molecule has 1 unspecified atom stereocenters. The number of carbonyl (C=O) groups is 1. The number of Topliss-reactive ketones (excluding diaryl/α,β-unsaturated/α-hetero) is 1. The van der Waals surface area contributed by atoms with Crippen molar-refractivity contribution in [2.24, 2.45) is 11.8 Å². The predicted octanol–water partition coefficient (Wildman–Crippen LogP) is 5.18. The van der Waals surface area contributed by atoms with Gasteiger partial charge >= 0.3 is 0 Å². The number of unbranched alkanes of at least 4 members (excludes halogenated alkanes) is 1. The minimum Gasteiger partial charge on any atom is -0.413 e. The molecule has 0 N–H and O–H groups in total. The third-order valence-corrected chi connectivity index (χ3v) is 9.84. The molecule has 0 aromatic heterocycles. The molecule has 1 aliphatic carbocycles. The van der Waals surface area contributed by atoms with Gasteiger partial charge in [0.15, 0.2) is 8.32 Å². The van der Waals surface area contributed by atoms with E-state index in [9.17, 15) is 4.79 Å². The van der Waals surface area contributed by atoms with E-state index in [-0.39, 0.29) is 17.1 Å². The molecular weight excluding hydrogens is 264 g/mol. The van der Waals surface area contributed by atoms with Gasteiger partial charge in [0.1, 0.15) is 5.78 Å². The molecule has 3 heteroatoms. The van der Waals surface area contributed by atoms with Crippen LogP contribution in [-0.4, -0.2) is 20.2 Å². The van der Waals surface area contributed by atoms with E-state index >= 15 is 0 Å². The maximum absolute atomic E-state index is 12.2. The van der Waals surface area contributed by atoms with Crippen LogP contribution >= 0.6 is 0 Å². The molecule has 20 heavy (non-hydrogen) atoms. The van der Waals surface area contributed by atoms with Crippen molar-refractivity contribution in [2.45, 2.75) is 91.0 Å². The highest BCUT2D eigenvalue weighted by Gasteiger charge is 2.43. The van der Waals surface area contributed by atoms with Gasteiger partial charge in [-0.3, -0.25) is 4.79 Å². The van der Waals surface area contributed by atoms with Gasteiger partial charge in [-0.1, -0.05) is 47.5 Å². The van der Waals surface area contributed by atoms with Crippen LogP contribution in [0.2, 0.25) is 18.1 Å². The average Bonchev–Trinajstić information content (AvgIpc) is 2.30. The molecule has 2 nitrogen and oxygen atoms in total. The molecule has 0 amide bonds. The Balaban J connectivity index is 2.73. The van der Waals surface area contributed by atoms with Gasteiger partial charge in [-0.05, 0) is 36.9 Å². The lowest BCUT2D eigenvalue weighted by atomic mass is 9.78. The van der Waals surface area contributed by atoms with E-state index in [1.807, 2.05) is 0 Å². The van der Waals surface area contributed by atoms with Crippen molar-refractivity contribution in [1.29, 1.82) is 0 Å². The van der Waals surface area contributed by atoms with Crippen LogP contribution in [0.5, 0.6) is 0 Å². The zero-order valence-electron chi connectivity index (χ0n) is 14.6. The Morgan fingerprint density at radius 3 is 2.40 bits per heavy atom. The van der Waals surface area contributed by atoms with E-state index in [1.54, 1.807) is 0 Å². The van der Waals surface area contributed by atoms with Gasteiger partial charge in [0, 0.05) is 12.3 Å². The van der Waals surface area contributed by atoms with Crippen molar-refractivity contribution < 1.29 is 9.22 Å². The van der Waals surface area contributed by atoms with E-state index < -0.39 is 8.32 Å². The second-order valence-electron chi connectivity index (χ2n) is 8.12. The first kappa shape index (κ1) is 17.9. The van der Waals surface area contributed by atoms with Crippen LogP contribution in [-0.2, 0) is 9.22 Å². The van der Waals surface area contributed by atoms with E-state index in [1.165, 1.54) is 19.3 Å². The first-order valence-electron chi connectivity index (χ1n) is 8.29. The fourth-order valence-corrected chi connectivity index (χ4v) is 4.12. The van der Waals surface area contributed by atoms with E-state index in [0.29, 0.717) is 11.7 Å². The second kappa shape index (κ2) is 6.74. The molecule has 0 saturated heterocycles. The van der Waals surface area contributed by atoms with Crippen molar-refractivity contribution >= 4 is 14.1 Å². The van der Waals surface area contributed by atoms with Crippen molar-refractivity contribution in [3.8, 4) is 0 Å². The molecule has 0 aromatic carbocycles. The standard InChI is InChI=1S/C17H34O2Si/c1-8-9-10-14-11-15(18)13(2)16(12-14)19-20(6,7)17(3,4)5/h13-14,16H,8-12H2,1-7H3/t13-,14?,16+/m1/s1. The molecule has 0 radical (unpaired) electrons. The van der Waals surface area contributed by atoms with Crippen LogP contribution in [0.3, 0.4) is 0 Å².